The van der Waals surface area contributed by atoms with E-state index in [0.29, 0.717) is 17.1 Å². The predicted octanol–water partition coefficient (Wildman–Crippen LogP) is 2.77. The van der Waals surface area contributed by atoms with Crippen LogP contribution in [0.5, 0.6) is 0 Å². The molecule has 0 heterocycles. The van der Waals surface area contributed by atoms with Crippen LogP contribution in [0.25, 0.3) is 0 Å². The molecule has 0 atom stereocenters. The highest BCUT2D eigenvalue weighted by atomic mass is 16.2. The maximum absolute atomic E-state index is 11.9. The van der Waals surface area contributed by atoms with Gasteiger partial charge in [0, 0.05) is 5.69 Å². The number of carbonyl (C=O) groups is 2. The molecule has 0 aliphatic rings. The quantitative estimate of drug-likeness (QED) is 0.588. The van der Waals surface area contributed by atoms with E-state index in [9.17, 15) is 9.59 Å². The zero-order chi connectivity index (χ0) is 16.3. The maximum Gasteiger partial charge on any atom is 0.314 e. The van der Waals surface area contributed by atoms with Gasteiger partial charge in [-0.25, -0.2) is 0 Å². The molecule has 0 aliphatic carbocycles. The first-order valence-electron chi connectivity index (χ1n) is 6.92. The lowest BCUT2D eigenvalue weighted by Crippen LogP contribution is -2.29. The second-order valence-corrected chi connectivity index (χ2v) is 5.30. The number of nitrogens with two attached hydrogens (primary N) is 1. The lowest BCUT2D eigenvalue weighted by molar-refractivity contribution is -0.132. The molecule has 0 fully saturated rings. The van der Waals surface area contributed by atoms with Crippen molar-refractivity contribution in [3.63, 3.8) is 0 Å². The number of amides is 2. The Balaban J connectivity index is 2.05. The molecule has 0 unspecified atom stereocenters. The van der Waals surface area contributed by atoms with Crippen molar-refractivity contribution in [2.75, 3.05) is 16.4 Å². The molecule has 0 bridgehead atoms. The molecule has 5 nitrogen and oxygen atoms in total. The second-order valence-electron chi connectivity index (χ2n) is 5.30. The normalized spacial score (nSPS) is 10.1. The SMILES string of the molecule is Cc1ccc(NC(=O)C(=O)Nc2ccc(C)c(C)c2)c(N)c1. The van der Waals surface area contributed by atoms with Crippen LogP contribution in [0.15, 0.2) is 36.4 Å². The van der Waals surface area contributed by atoms with E-state index in [1.807, 2.05) is 39.0 Å². The highest BCUT2D eigenvalue weighted by Crippen LogP contribution is 2.19. The Hall–Kier alpha value is -2.82. The first kappa shape index (κ1) is 15.6. The van der Waals surface area contributed by atoms with Crippen molar-refractivity contribution in [2.45, 2.75) is 20.8 Å². The summed E-state index contributed by atoms with van der Waals surface area (Å²) in [5.74, 6) is -1.49. The molecule has 2 aromatic rings. The molecule has 22 heavy (non-hydrogen) atoms. The monoisotopic (exact) mass is 297 g/mol. The van der Waals surface area contributed by atoms with E-state index in [4.69, 9.17) is 5.73 Å². The summed E-state index contributed by atoms with van der Waals surface area (Å²) in [4.78, 5) is 23.9. The van der Waals surface area contributed by atoms with Crippen molar-refractivity contribution in [3.8, 4) is 0 Å². The largest absolute Gasteiger partial charge is 0.397 e. The number of benzene rings is 2. The van der Waals surface area contributed by atoms with Gasteiger partial charge in [0.1, 0.15) is 0 Å². The van der Waals surface area contributed by atoms with Crippen LogP contribution in [0, 0.1) is 20.8 Å². The van der Waals surface area contributed by atoms with Crippen molar-refractivity contribution >= 4 is 28.9 Å². The number of hydrogen-bond donors (Lipinski definition) is 3. The predicted molar refractivity (Wildman–Crippen MR) is 88.8 cm³/mol. The summed E-state index contributed by atoms with van der Waals surface area (Å²) in [6.07, 6.45) is 0. The van der Waals surface area contributed by atoms with Crippen molar-refractivity contribution in [3.05, 3.63) is 53.1 Å². The fraction of sp³-hybridized carbons (Fsp3) is 0.176. The highest BCUT2D eigenvalue weighted by molar-refractivity contribution is 6.43. The van der Waals surface area contributed by atoms with Gasteiger partial charge < -0.3 is 16.4 Å². The van der Waals surface area contributed by atoms with E-state index in [2.05, 4.69) is 10.6 Å². The van der Waals surface area contributed by atoms with E-state index < -0.39 is 11.8 Å². The number of nitrogens with one attached hydrogen (secondary N) is 2. The molecule has 0 saturated heterocycles. The van der Waals surface area contributed by atoms with Crippen molar-refractivity contribution in [2.24, 2.45) is 0 Å². The molecule has 0 radical (unpaired) electrons. The third-order valence-corrected chi connectivity index (χ3v) is 3.43. The fourth-order valence-electron chi connectivity index (χ4n) is 1.98. The summed E-state index contributed by atoms with van der Waals surface area (Å²) in [6.45, 7) is 5.82. The molecule has 0 spiro atoms. The minimum atomic E-state index is -0.756. The van der Waals surface area contributed by atoms with Gasteiger partial charge in [-0.15, -0.1) is 0 Å². The summed E-state index contributed by atoms with van der Waals surface area (Å²) < 4.78 is 0. The Morgan fingerprint density at radius 2 is 1.55 bits per heavy atom. The molecule has 4 N–H and O–H groups in total. The van der Waals surface area contributed by atoms with E-state index in [0.717, 1.165) is 16.7 Å². The smallest absolute Gasteiger partial charge is 0.314 e. The van der Waals surface area contributed by atoms with E-state index in [1.165, 1.54) is 0 Å². The summed E-state index contributed by atoms with van der Waals surface area (Å²) in [6, 6.07) is 10.7. The molecule has 5 heteroatoms. The van der Waals surface area contributed by atoms with Crippen molar-refractivity contribution in [1.29, 1.82) is 0 Å². The van der Waals surface area contributed by atoms with Gasteiger partial charge >= 0.3 is 11.8 Å². The number of anilines is 3. The first-order chi connectivity index (χ1) is 10.4. The van der Waals surface area contributed by atoms with E-state index >= 15 is 0 Å². The number of carbonyl (C=O) groups excluding carboxylic acids is 2. The van der Waals surface area contributed by atoms with Gasteiger partial charge in [-0.3, -0.25) is 9.59 Å². The molecule has 2 aromatic carbocycles. The zero-order valence-corrected chi connectivity index (χ0v) is 12.9. The molecular formula is C17H19N3O2. The molecule has 0 aliphatic heterocycles. The van der Waals surface area contributed by atoms with Crippen LogP contribution in [0.4, 0.5) is 17.1 Å². The molecule has 114 valence electrons. The number of aryl methyl sites for hydroxylation is 3. The molecule has 0 saturated carbocycles. The van der Waals surface area contributed by atoms with Crippen LogP contribution in [0.1, 0.15) is 16.7 Å². The Morgan fingerprint density at radius 1 is 0.864 bits per heavy atom. The Kier molecular flexibility index (Phi) is 4.46. The topological polar surface area (TPSA) is 84.2 Å². The number of rotatable bonds is 2. The van der Waals surface area contributed by atoms with Crippen molar-refractivity contribution < 1.29 is 9.59 Å². The standard InChI is InChI=1S/C17H19N3O2/c1-10-4-7-15(14(18)8-10)20-17(22)16(21)19-13-6-5-11(2)12(3)9-13/h4-9H,18H2,1-3H3,(H,19,21)(H,20,22). The van der Waals surface area contributed by atoms with Gasteiger partial charge in [-0.05, 0) is 61.7 Å². The van der Waals surface area contributed by atoms with Gasteiger partial charge in [0.25, 0.3) is 0 Å². The zero-order valence-electron chi connectivity index (χ0n) is 12.9. The van der Waals surface area contributed by atoms with Crippen LogP contribution >= 0.6 is 0 Å². The average molecular weight is 297 g/mol. The third kappa shape index (κ3) is 3.63. The van der Waals surface area contributed by atoms with Gasteiger partial charge in [0.05, 0.1) is 11.4 Å². The fourth-order valence-corrected chi connectivity index (χ4v) is 1.98. The summed E-state index contributed by atoms with van der Waals surface area (Å²) in [7, 11) is 0. The van der Waals surface area contributed by atoms with E-state index in [1.54, 1.807) is 18.2 Å². The maximum atomic E-state index is 11.9. The second kappa shape index (κ2) is 6.30. The highest BCUT2D eigenvalue weighted by Gasteiger charge is 2.15. The van der Waals surface area contributed by atoms with Gasteiger partial charge in [0.2, 0.25) is 0 Å². The third-order valence-electron chi connectivity index (χ3n) is 3.43. The molecular weight excluding hydrogens is 278 g/mol. The van der Waals surface area contributed by atoms with E-state index in [-0.39, 0.29) is 0 Å². The Morgan fingerprint density at radius 3 is 2.18 bits per heavy atom. The van der Waals surface area contributed by atoms with Crippen LogP contribution in [-0.4, -0.2) is 11.8 Å². The van der Waals surface area contributed by atoms with Gasteiger partial charge in [0.15, 0.2) is 0 Å². The molecule has 2 amide bonds. The lowest BCUT2D eigenvalue weighted by Gasteiger charge is -2.10. The Labute approximate surface area is 129 Å². The lowest BCUT2D eigenvalue weighted by atomic mass is 10.1. The minimum Gasteiger partial charge on any atom is -0.397 e. The van der Waals surface area contributed by atoms with Crippen LogP contribution < -0.4 is 16.4 Å². The first-order valence-corrected chi connectivity index (χ1v) is 6.92. The number of nitrogen functional groups attached to an aromatic ring is 1. The number of hydrogen-bond acceptors (Lipinski definition) is 3. The summed E-state index contributed by atoms with van der Waals surface area (Å²) in [5, 5.41) is 5.08. The average Bonchev–Trinajstić information content (AvgIpc) is 2.45. The Bertz CT molecular complexity index is 739. The van der Waals surface area contributed by atoms with Crippen molar-refractivity contribution in [1.82, 2.24) is 0 Å². The van der Waals surface area contributed by atoms with Crippen LogP contribution in [0.3, 0.4) is 0 Å². The van der Waals surface area contributed by atoms with Gasteiger partial charge in [-0.2, -0.15) is 0 Å². The molecule has 0 aromatic heterocycles. The molecule has 2 rings (SSSR count). The summed E-state index contributed by atoms with van der Waals surface area (Å²) >= 11 is 0. The van der Waals surface area contributed by atoms with Crippen LogP contribution in [-0.2, 0) is 9.59 Å². The van der Waals surface area contributed by atoms with Gasteiger partial charge in [-0.1, -0.05) is 12.1 Å². The minimum absolute atomic E-state index is 0.422. The summed E-state index contributed by atoms with van der Waals surface area (Å²) in [5.41, 5.74) is 10.4. The van der Waals surface area contributed by atoms with Crippen LogP contribution in [0.2, 0.25) is 0 Å².